The topological polar surface area (TPSA) is 44.8 Å². The van der Waals surface area contributed by atoms with Crippen LogP contribution in [-0.2, 0) is 19.3 Å². The van der Waals surface area contributed by atoms with Crippen molar-refractivity contribution >= 4 is 21.9 Å². The predicted octanol–water partition coefficient (Wildman–Crippen LogP) is 1.01. The second-order valence-electron chi connectivity index (χ2n) is 1.57. The molecule has 0 aromatic carbocycles. The van der Waals surface area contributed by atoms with Crippen LogP contribution in [0, 0.1) is 0 Å². The minimum atomic E-state index is -0.634. The van der Waals surface area contributed by atoms with Gasteiger partial charge in [-0.2, -0.15) is 4.89 Å². The lowest BCUT2D eigenvalue weighted by atomic mass is 10.7. The van der Waals surface area contributed by atoms with Gasteiger partial charge in [0.05, 0.1) is 6.61 Å². The predicted molar refractivity (Wildman–Crippen MR) is 42.0 cm³/mol. The number of alkyl halides is 1. The lowest BCUT2D eigenvalue weighted by Crippen LogP contribution is -2.14. The van der Waals surface area contributed by atoms with Gasteiger partial charge in [0.15, 0.2) is 5.01 Å². The number of halogens is 1. The van der Waals surface area contributed by atoms with Gasteiger partial charge in [0.1, 0.15) is 0 Å². The van der Waals surface area contributed by atoms with Gasteiger partial charge in [0.25, 0.3) is 0 Å². The lowest BCUT2D eigenvalue weighted by molar-refractivity contribution is -0.278. The van der Waals surface area contributed by atoms with Crippen molar-refractivity contribution in [2.24, 2.45) is 0 Å². The molecule has 0 aromatic heterocycles. The minimum absolute atomic E-state index is 0.296. The second-order valence-corrected chi connectivity index (χ2v) is 2.59. The Morgan fingerprint density at radius 2 is 2.45 bits per heavy atom. The van der Waals surface area contributed by atoms with Gasteiger partial charge in [-0.05, 0) is 0 Å². The molecule has 0 amide bonds. The fourth-order valence-corrected chi connectivity index (χ4v) is 0.633. The molecule has 0 aliphatic carbocycles. The molecule has 0 saturated heterocycles. The van der Waals surface area contributed by atoms with E-state index in [0.29, 0.717) is 6.61 Å². The van der Waals surface area contributed by atoms with Gasteiger partial charge in [-0.25, -0.2) is 4.79 Å². The highest BCUT2D eigenvalue weighted by Crippen LogP contribution is 2.02. The molecule has 0 aliphatic rings. The first-order valence-corrected chi connectivity index (χ1v) is 3.75. The SMILES string of the molecule is C=CC(=O)OOC(Br)COC. The molecule has 0 bridgehead atoms. The Hall–Kier alpha value is -0.390. The van der Waals surface area contributed by atoms with Crippen LogP contribution < -0.4 is 0 Å². The van der Waals surface area contributed by atoms with Crippen LogP contribution in [0.1, 0.15) is 0 Å². The Labute approximate surface area is 73.2 Å². The van der Waals surface area contributed by atoms with E-state index >= 15 is 0 Å². The molecule has 0 spiro atoms. The highest BCUT2D eigenvalue weighted by molar-refractivity contribution is 9.09. The van der Waals surface area contributed by atoms with Gasteiger partial charge in [0, 0.05) is 13.2 Å². The van der Waals surface area contributed by atoms with Crippen LogP contribution in [0.3, 0.4) is 0 Å². The zero-order chi connectivity index (χ0) is 8.69. The fraction of sp³-hybridized carbons (Fsp3) is 0.500. The van der Waals surface area contributed by atoms with Crippen molar-refractivity contribution in [3.05, 3.63) is 12.7 Å². The molecule has 1 unspecified atom stereocenters. The standard InChI is InChI=1S/C6H9BrO4/c1-3-6(8)11-10-5(7)4-9-2/h3,5H,1,4H2,2H3. The van der Waals surface area contributed by atoms with E-state index in [-0.39, 0.29) is 0 Å². The van der Waals surface area contributed by atoms with E-state index in [9.17, 15) is 4.79 Å². The van der Waals surface area contributed by atoms with Crippen molar-refractivity contribution < 1.29 is 19.3 Å². The van der Waals surface area contributed by atoms with E-state index in [0.717, 1.165) is 6.08 Å². The Morgan fingerprint density at radius 1 is 1.82 bits per heavy atom. The molecule has 64 valence electrons. The third-order valence-electron chi connectivity index (χ3n) is 0.699. The molecule has 0 N–H and O–H groups in total. The number of methoxy groups -OCH3 is 1. The largest absolute Gasteiger partial charge is 0.381 e. The van der Waals surface area contributed by atoms with E-state index in [1.807, 2.05) is 0 Å². The summed E-state index contributed by atoms with van der Waals surface area (Å²) in [6.07, 6.45) is 1.01. The van der Waals surface area contributed by atoms with Crippen molar-refractivity contribution in [1.29, 1.82) is 0 Å². The van der Waals surface area contributed by atoms with E-state index in [2.05, 4.69) is 37.0 Å². The summed E-state index contributed by atoms with van der Waals surface area (Å²) in [6.45, 7) is 3.48. The smallest absolute Gasteiger partial charge is 0.365 e. The number of ether oxygens (including phenoxy) is 1. The van der Waals surface area contributed by atoms with Gasteiger partial charge in [-0.1, -0.05) is 22.5 Å². The molecule has 11 heavy (non-hydrogen) atoms. The summed E-state index contributed by atoms with van der Waals surface area (Å²) >= 11 is 3.04. The summed E-state index contributed by atoms with van der Waals surface area (Å²) in [4.78, 5) is 19.1. The maximum Gasteiger partial charge on any atom is 0.365 e. The van der Waals surface area contributed by atoms with Crippen LogP contribution in [0.25, 0.3) is 0 Å². The zero-order valence-electron chi connectivity index (χ0n) is 6.08. The van der Waals surface area contributed by atoms with Gasteiger partial charge < -0.3 is 4.74 Å². The number of hydrogen-bond donors (Lipinski definition) is 0. The first-order chi connectivity index (χ1) is 5.20. The molecule has 0 fully saturated rings. The molecular formula is C6H9BrO4. The summed E-state index contributed by atoms with van der Waals surface area (Å²) in [5.74, 6) is -0.634. The average molecular weight is 225 g/mol. The fourth-order valence-electron chi connectivity index (χ4n) is 0.292. The first kappa shape index (κ1) is 10.6. The third kappa shape index (κ3) is 6.03. The summed E-state index contributed by atoms with van der Waals surface area (Å²) in [7, 11) is 1.51. The van der Waals surface area contributed by atoms with Crippen LogP contribution in [0.4, 0.5) is 0 Å². The van der Waals surface area contributed by atoms with Gasteiger partial charge in [-0.3, -0.25) is 4.89 Å². The van der Waals surface area contributed by atoms with E-state index < -0.39 is 11.0 Å². The van der Waals surface area contributed by atoms with Crippen LogP contribution in [0.5, 0.6) is 0 Å². The average Bonchev–Trinajstić information content (AvgIpc) is 2.01. The van der Waals surface area contributed by atoms with Crippen molar-refractivity contribution in [2.75, 3.05) is 13.7 Å². The molecule has 1 atom stereocenters. The van der Waals surface area contributed by atoms with E-state index in [1.165, 1.54) is 7.11 Å². The third-order valence-corrected chi connectivity index (χ3v) is 1.12. The molecule has 0 radical (unpaired) electrons. The Bertz CT molecular complexity index is 137. The van der Waals surface area contributed by atoms with E-state index in [4.69, 9.17) is 0 Å². The number of carbonyl (C=O) groups excluding carboxylic acids is 1. The first-order valence-electron chi connectivity index (χ1n) is 2.83. The monoisotopic (exact) mass is 224 g/mol. The molecule has 0 heterocycles. The highest BCUT2D eigenvalue weighted by atomic mass is 79.9. The molecule has 0 aliphatic heterocycles. The quantitative estimate of drug-likeness (QED) is 0.303. The van der Waals surface area contributed by atoms with Gasteiger partial charge in [-0.15, -0.1) is 0 Å². The Balaban J connectivity index is 3.37. The number of carbonyl (C=O) groups is 1. The molecule has 0 aromatic rings. The summed E-state index contributed by atoms with van der Waals surface area (Å²) in [6, 6.07) is 0. The van der Waals surface area contributed by atoms with Gasteiger partial charge in [0.2, 0.25) is 0 Å². The second kappa shape index (κ2) is 6.33. The Kier molecular flexibility index (Phi) is 6.10. The van der Waals surface area contributed by atoms with Crippen molar-refractivity contribution in [3.8, 4) is 0 Å². The van der Waals surface area contributed by atoms with E-state index in [1.54, 1.807) is 0 Å². The minimum Gasteiger partial charge on any atom is -0.381 e. The molecule has 0 saturated carbocycles. The molecule has 5 heteroatoms. The summed E-state index contributed by atoms with van der Waals surface area (Å²) < 4.78 is 4.68. The van der Waals surface area contributed by atoms with Gasteiger partial charge >= 0.3 is 5.97 Å². The number of hydrogen-bond acceptors (Lipinski definition) is 4. The summed E-state index contributed by atoms with van der Waals surface area (Å²) in [5.41, 5.74) is 0. The Morgan fingerprint density at radius 3 is 2.91 bits per heavy atom. The molecular weight excluding hydrogens is 216 g/mol. The van der Waals surface area contributed by atoms with Crippen molar-refractivity contribution in [1.82, 2.24) is 0 Å². The maximum absolute atomic E-state index is 10.4. The molecule has 4 nitrogen and oxygen atoms in total. The molecule has 0 rings (SSSR count). The highest BCUT2D eigenvalue weighted by Gasteiger charge is 2.06. The van der Waals surface area contributed by atoms with Crippen LogP contribution in [0.15, 0.2) is 12.7 Å². The number of rotatable bonds is 5. The normalized spacial score (nSPS) is 12.2. The maximum atomic E-state index is 10.4. The lowest BCUT2D eigenvalue weighted by Gasteiger charge is -2.06. The zero-order valence-corrected chi connectivity index (χ0v) is 7.67. The van der Waals surface area contributed by atoms with Crippen LogP contribution in [0.2, 0.25) is 0 Å². The summed E-state index contributed by atoms with van der Waals surface area (Å²) in [5, 5.41) is -0.448. The van der Waals surface area contributed by atoms with Crippen LogP contribution >= 0.6 is 15.9 Å². The van der Waals surface area contributed by atoms with Crippen molar-refractivity contribution in [2.45, 2.75) is 5.01 Å². The van der Waals surface area contributed by atoms with Crippen molar-refractivity contribution in [3.63, 3.8) is 0 Å². The van der Waals surface area contributed by atoms with Crippen LogP contribution in [-0.4, -0.2) is 24.7 Å².